The number of rotatable bonds is 5. The number of hydrogen-bond acceptors (Lipinski definition) is 6. The molecule has 0 aliphatic carbocycles. The summed E-state index contributed by atoms with van der Waals surface area (Å²) in [6, 6.07) is 21.5. The Labute approximate surface area is 223 Å². The molecule has 0 bridgehead atoms. The van der Waals surface area contributed by atoms with E-state index < -0.39 is 0 Å². The largest absolute Gasteiger partial charge is 0.491 e. The zero-order valence-corrected chi connectivity index (χ0v) is 22.3. The molecule has 0 spiro atoms. The number of methoxy groups -OCH3 is 1. The molecule has 200 valence electrons. The summed E-state index contributed by atoms with van der Waals surface area (Å²) in [5.74, 6) is 1.55. The topological polar surface area (TPSA) is 89.1 Å². The summed E-state index contributed by atoms with van der Waals surface area (Å²) in [5.41, 5.74) is 1.44. The van der Waals surface area contributed by atoms with E-state index in [4.69, 9.17) is 14.2 Å². The quantitative estimate of drug-likeness (QED) is 0.504. The molecule has 1 heterocycles. The van der Waals surface area contributed by atoms with Crippen molar-refractivity contribution in [1.82, 2.24) is 10.2 Å². The van der Waals surface area contributed by atoms with Gasteiger partial charge in [-0.3, -0.25) is 9.59 Å². The lowest BCUT2D eigenvalue weighted by molar-refractivity contribution is 0.0281. The minimum Gasteiger partial charge on any atom is -0.491 e. The van der Waals surface area contributed by atoms with Gasteiger partial charge in [-0.1, -0.05) is 25.1 Å². The van der Waals surface area contributed by atoms with E-state index in [1.807, 2.05) is 37.3 Å². The number of para-hydroxylation sites is 1. The number of nitrogens with one attached hydrogen (secondary N) is 2. The Bertz CT molecular complexity index is 1230. The highest BCUT2D eigenvalue weighted by Crippen LogP contribution is 2.27. The number of amides is 2. The highest BCUT2D eigenvalue weighted by molar-refractivity contribution is 6.05. The van der Waals surface area contributed by atoms with Gasteiger partial charge in [0.25, 0.3) is 11.8 Å². The average molecular weight is 518 g/mol. The van der Waals surface area contributed by atoms with Crippen LogP contribution >= 0.6 is 0 Å². The lowest BCUT2D eigenvalue weighted by Crippen LogP contribution is -2.44. The van der Waals surface area contributed by atoms with Gasteiger partial charge in [0.1, 0.15) is 23.9 Å². The minimum atomic E-state index is -0.278. The Morgan fingerprint density at radius 1 is 1.03 bits per heavy atom. The standard InChI is InChI=1S/C30H35N3O5/c1-20-17-31-21(2)19-37-27-16-23(12-15-26(27)30(35)33(3)18-28(20)36-4)32-29(34)22-10-13-25(14-11-22)38-24-8-6-5-7-9-24/h5-16,20-21,28,31H,17-19H2,1-4H3,(H,32,34)/t20-,21+,28+/m1/s1. The van der Waals surface area contributed by atoms with Crippen molar-refractivity contribution in [3.63, 3.8) is 0 Å². The average Bonchev–Trinajstić information content (AvgIpc) is 2.93. The Balaban J connectivity index is 1.49. The third-order valence-corrected chi connectivity index (χ3v) is 6.58. The number of likely N-dealkylation sites (N-methyl/N-ethyl adjacent to an activating group) is 1. The number of fused-ring (bicyclic) bond motifs is 1. The molecule has 0 radical (unpaired) electrons. The summed E-state index contributed by atoms with van der Waals surface area (Å²) >= 11 is 0. The van der Waals surface area contributed by atoms with Gasteiger partial charge in [0.15, 0.2) is 0 Å². The van der Waals surface area contributed by atoms with Gasteiger partial charge in [-0.05, 0) is 61.4 Å². The molecule has 8 heteroatoms. The number of benzene rings is 3. The fraction of sp³-hybridized carbons (Fsp3) is 0.333. The first-order valence-corrected chi connectivity index (χ1v) is 12.8. The molecule has 0 aromatic heterocycles. The lowest BCUT2D eigenvalue weighted by atomic mass is 10.0. The van der Waals surface area contributed by atoms with E-state index in [0.29, 0.717) is 41.5 Å². The van der Waals surface area contributed by atoms with E-state index in [0.717, 1.165) is 12.3 Å². The number of carbonyl (C=O) groups excluding carboxylic acids is 2. The van der Waals surface area contributed by atoms with Gasteiger partial charge in [-0.15, -0.1) is 0 Å². The molecule has 0 saturated heterocycles. The van der Waals surface area contributed by atoms with Crippen LogP contribution in [0.1, 0.15) is 34.6 Å². The normalized spacial score (nSPS) is 20.4. The summed E-state index contributed by atoms with van der Waals surface area (Å²) < 4.78 is 17.5. The minimum absolute atomic E-state index is 0.0601. The molecular formula is C30H35N3O5. The number of anilines is 1. The van der Waals surface area contributed by atoms with E-state index >= 15 is 0 Å². The van der Waals surface area contributed by atoms with Gasteiger partial charge < -0.3 is 29.7 Å². The third-order valence-electron chi connectivity index (χ3n) is 6.58. The van der Waals surface area contributed by atoms with Crippen LogP contribution in [0.15, 0.2) is 72.8 Å². The Morgan fingerprint density at radius 2 is 1.74 bits per heavy atom. The lowest BCUT2D eigenvalue weighted by Gasteiger charge is -2.30. The Hall–Kier alpha value is -3.88. The molecule has 38 heavy (non-hydrogen) atoms. The monoisotopic (exact) mass is 517 g/mol. The van der Waals surface area contributed by atoms with Crippen molar-refractivity contribution < 1.29 is 23.8 Å². The highest BCUT2D eigenvalue weighted by Gasteiger charge is 2.25. The Morgan fingerprint density at radius 3 is 2.45 bits per heavy atom. The van der Waals surface area contributed by atoms with E-state index in [9.17, 15) is 9.59 Å². The fourth-order valence-electron chi connectivity index (χ4n) is 4.24. The van der Waals surface area contributed by atoms with Crippen molar-refractivity contribution in [2.24, 2.45) is 5.92 Å². The summed E-state index contributed by atoms with van der Waals surface area (Å²) in [7, 11) is 3.43. The van der Waals surface area contributed by atoms with Crippen molar-refractivity contribution in [3.05, 3.63) is 83.9 Å². The smallest absolute Gasteiger partial charge is 0.257 e. The first-order chi connectivity index (χ1) is 18.3. The SMILES string of the molecule is CO[C@H]1CN(C)C(=O)c2ccc(NC(=O)c3ccc(Oc4ccccc4)cc3)cc2OC[C@H](C)NC[C@H]1C. The van der Waals surface area contributed by atoms with Crippen LogP contribution in [-0.4, -0.2) is 62.7 Å². The molecule has 2 N–H and O–H groups in total. The van der Waals surface area contributed by atoms with Crippen LogP contribution in [0, 0.1) is 5.92 Å². The van der Waals surface area contributed by atoms with Gasteiger partial charge in [-0.2, -0.15) is 0 Å². The van der Waals surface area contributed by atoms with Crippen LogP contribution in [-0.2, 0) is 4.74 Å². The summed E-state index contributed by atoms with van der Waals surface area (Å²) in [5, 5.41) is 6.37. The first-order valence-electron chi connectivity index (χ1n) is 12.8. The molecule has 3 aromatic carbocycles. The van der Waals surface area contributed by atoms with Crippen molar-refractivity contribution in [2.45, 2.75) is 26.0 Å². The van der Waals surface area contributed by atoms with Gasteiger partial charge in [-0.25, -0.2) is 0 Å². The number of nitrogens with zero attached hydrogens (tertiary/aromatic N) is 1. The van der Waals surface area contributed by atoms with Crippen LogP contribution in [0.4, 0.5) is 5.69 Å². The molecule has 1 aliphatic heterocycles. The van der Waals surface area contributed by atoms with Crippen LogP contribution in [0.5, 0.6) is 17.2 Å². The number of ether oxygens (including phenoxy) is 3. The molecule has 3 aromatic rings. The van der Waals surface area contributed by atoms with Crippen LogP contribution in [0.2, 0.25) is 0 Å². The number of carbonyl (C=O) groups is 2. The molecule has 1 aliphatic rings. The zero-order valence-electron chi connectivity index (χ0n) is 22.3. The molecule has 2 amide bonds. The second-order valence-electron chi connectivity index (χ2n) is 9.66. The zero-order chi connectivity index (χ0) is 27.1. The molecule has 0 unspecified atom stereocenters. The molecule has 4 rings (SSSR count). The second kappa shape index (κ2) is 12.6. The van der Waals surface area contributed by atoms with Gasteiger partial charge in [0, 0.05) is 50.6 Å². The molecular weight excluding hydrogens is 482 g/mol. The van der Waals surface area contributed by atoms with Gasteiger partial charge >= 0.3 is 0 Å². The van der Waals surface area contributed by atoms with E-state index in [1.54, 1.807) is 61.5 Å². The predicted octanol–water partition coefficient (Wildman–Crippen LogP) is 4.82. The summed E-state index contributed by atoms with van der Waals surface area (Å²) in [6.45, 7) is 5.70. The van der Waals surface area contributed by atoms with Crippen molar-refractivity contribution >= 4 is 17.5 Å². The molecule has 8 nitrogen and oxygen atoms in total. The van der Waals surface area contributed by atoms with E-state index in [-0.39, 0.29) is 29.9 Å². The number of hydrogen-bond donors (Lipinski definition) is 2. The highest BCUT2D eigenvalue weighted by atomic mass is 16.5. The van der Waals surface area contributed by atoms with Crippen LogP contribution in [0.25, 0.3) is 0 Å². The van der Waals surface area contributed by atoms with Crippen LogP contribution in [0.3, 0.4) is 0 Å². The molecule has 3 atom stereocenters. The third kappa shape index (κ3) is 6.90. The van der Waals surface area contributed by atoms with E-state index in [1.165, 1.54) is 0 Å². The first kappa shape index (κ1) is 27.2. The van der Waals surface area contributed by atoms with Crippen molar-refractivity contribution in [3.8, 4) is 17.2 Å². The maximum atomic E-state index is 13.3. The summed E-state index contributed by atoms with van der Waals surface area (Å²) in [6.07, 6.45) is -0.101. The van der Waals surface area contributed by atoms with Crippen LogP contribution < -0.4 is 20.1 Å². The Kier molecular flexibility index (Phi) is 8.99. The molecule has 0 fully saturated rings. The predicted molar refractivity (Wildman–Crippen MR) is 147 cm³/mol. The second-order valence-corrected chi connectivity index (χ2v) is 9.66. The maximum absolute atomic E-state index is 13.3. The van der Waals surface area contributed by atoms with Gasteiger partial charge in [0.2, 0.25) is 0 Å². The van der Waals surface area contributed by atoms with E-state index in [2.05, 4.69) is 17.6 Å². The fourth-order valence-corrected chi connectivity index (χ4v) is 4.24. The summed E-state index contributed by atoms with van der Waals surface area (Å²) in [4.78, 5) is 27.9. The molecule has 0 saturated carbocycles. The van der Waals surface area contributed by atoms with Gasteiger partial charge in [0.05, 0.1) is 11.7 Å². The van der Waals surface area contributed by atoms with Crippen molar-refractivity contribution in [2.75, 3.05) is 39.2 Å². The van der Waals surface area contributed by atoms with Crippen molar-refractivity contribution in [1.29, 1.82) is 0 Å². The maximum Gasteiger partial charge on any atom is 0.257 e.